The first-order chi connectivity index (χ1) is 21.1. The summed E-state index contributed by atoms with van der Waals surface area (Å²) in [6.45, 7) is 4.33. The van der Waals surface area contributed by atoms with Crippen molar-refractivity contribution in [3.8, 4) is 22.3 Å². The molecule has 3 N–H and O–H groups in total. The molecule has 230 valence electrons. The van der Waals surface area contributed by atoms with Gasteiger partial charge in [-0.2, -0.15) is 0 Å². The van der Waals surface area contributed by atoms with Gasteiger partial charge in [0.1, 0.15) is 11.5 Å². The monoisotopic (exact) mass is 599 g/mol. The van der Waals surface area contributed by atoms with E-state index in [0.717, 1.165) is 11.3 Å². The molecule has 0 aliphatic rings. The number of rotatable bonds is 13. The number of benzene rings is 2. The zero-order chi connectivity index (χ0) is 31.8. The van der Waals surface area contributed by atoms with Crippen molar-refractivity contribution in [1.82, 2.24) is 14.5 Å². The molecule has 2 unspecified atom stereocenters. The second-order valence-corrected chi connectivity index (χ2v) is 11.0. The van der Waals surface area contributed by atoms with Gasteiger partial charge in [-0.25, -0.2) is 4.39 Å². The summed E-state index contributed by atoms with van der Waals surface area (Å²) >= 11 is 0. The smallest absolute Gasteiger partial charge is 0.305 e. The molecule has 2 aromatic heterocycles. The molecule has 0 fully saturated rings. The van der Waals surface area contributed by atoms with Gasteiger partial charge >= 0.3 is 5.97 Å². The summed E-state index contributed by atoms with van der Waals surface area (Å²) < 4.78 is 16.0. The van der Waals surface area contributed by atoms with Crippen LogP contribution in [0.2, 0.25) is 0 Å². The van der Waals surface area contributed by atoms with Crippen LogP contribution in [0.15, 0.2) is 85.1 Å². The van der Waals surface area contributed by atoms with E-state index in [0.29, 0.717) is 41.0 Å². The molecule has 2 heterocycles. The minimum Gasteiger partial charge on any atom is -0.481 e. The number of carbonyl (C=O) groups excluding carboxylic acids is 1. The Kier molecular flexibility index (Phi) is 10.8. The van der Waals surface area contributed by atoms with Crippen LogP contribution in [0, 0.1) is 5.82 Å². The minimum absolute atomic E-state index is 0.176. The first-order valence-corrected chi connectivity index (χ1v) is 14.6. The molecule has 4 aromatic rings. The van der Waals surface area contributed by atoms with E-state index in [-0.39, 0.29) is 18.4 Å². The van der Waals surface area contributed by atoms with Crippen molar-refractivity contribution in [3.05, 3.63) is 108 Å². The van der Waals surface area contributed by atoms with E-state index in [1.54, 1.807) is 36.4 Å². The zero-order valence-electron chi connectivity index (χ0n) is 25.1. The van der Waals surface area contributed by atoms with Crippen LogP contribution in [0.25, 0.3) is 28.3 Å². The number of carboxylic acid groups (broad SMARTS) is 1. The molecule has 0 radical (unpaired) electrons. The molecular weight excluding hydrogens is 561 g/mol. The highest BCUT2D eigenvalue weighted by atomic mass is 19.1. The molecule has 44 heavy (non-hydrogen) atoms. The highest BCUT2D eigenvalue weighted by molar-refractivity contribution is 6.06. The van der Waals surface area contributed by atoms with Crippen molar-refractivity contribution in [2.24, 2.45) is 0 Å². The van der Waals surface area contributed by atoms with Crippen molar-refractivity contribution >= 4 is 18.0 Å². The molecule has 0 saturated carbocycles. The molecule has 0 aliphatic heterocycles. The highest BCUT2D eigenvalue weighted by Crippen LogP contribution is 2.43. The van der Waals surface area contributed by atoms with E-state index in [9.17, 15) is 24.2 Å². The van der Waals surface area contributed by atoms with Gasteiger partial charge in [0.15, 0.2) is 0 Å². The Morgan fingerprint density at radius 3 is 2.23 bits per heavy atom. The molecule has 8 nitrogen and oxygen atoms in total. The summed E-state index contributed by atoms with van der Waals surface area (Å²) in [6, 6.07) is 21.0. The average Bonchev–Trinajstić information content (AvgIpc) is 3.34. The molecule has 4 rings (SSSR count). The van der Waals surface area contributed by atoms with Gasteiger partial charge in [-0.15, -0.1) is 0 Å². The number of aliphatic hydroxyl groups excluding tert-OH is 2. The number of likely N-dealkylation sites (N-methyl/N-ethyl adjacent to an activating group) is 1. The van der Waals surface area contributed by atoms with E-state index in [4.69, 9.17) is 5.11 Å². The van der Waals surface area contributed by atoms with Crippen molar-refractivity contribution in [3.63, 3.8) is 0 Å². The number of aliphatic hydroxyl groups is 2. The van der Waals surface area contributed by atoms with Crippen molar-refractivity contribution in [1.29, 1.82) is 0 Å². The molecular formula is C35H38FN3O5. The van der Waals surface area contributed by atoms with Crippen LogP contribution in [0.1, 0.15) is 54.6 Å². The second kappa shape index (κ2) is 14.7. The second-order valence-electron chi connectivity index (χ2n) is 11.0. The molecule has 0 bridgehead atoms. The number of halogens is 1. The fraction of sp³-hybridized carbons (Fsp3) is 0.286. The largest absolute Gasteiger partial charge is 0.481 e. The Balaban J connectivity index is 1.90. The lowest BCUT2D eigenvalue weighted by molar-refractivity contribution is -0.139. The summed E-state index contributed by atoms with van der Waals surface area (Å²) in [6.07, 6.45) is 2.41. The molecule has 2 aromatic carbocycles. The van der Waals surface area contributed by atoms with E-state index in [2.05, 4.69) is 4.98 Å². The fourth-order valence-electron chi connectivity index (χ4n) is 5.27. The lowest BCUT2D eigenvalue weighted by Crippen LogP contribution is -2.31. The van der Waals surface area contributed by atoms with Gasteiger partial charge in [0, 0.05) is 61.2 Å². The Hall–Kier alpha value is -4.60. The number of nitrogens with zero attached hydrogens (tertiary/aromatic N) is 3. The van der Waals surface area contributed by atoms with E-state index in [1.165, 1.54) is 18.2 Å². The Morgan fingerprint density at radius 1 is 0.955 bits per heavy atom. The Bertz CT molecular complexity index is 1580. The number of amides is 1. The van der Waals surface area contributed by atoms with E-state index in [1.807, 2.05) is 66.9 Å². The number of aliphatic carboxylic acids is 1. The average molecular weight is 600 g/mol. The molecule has 0 saturated heterocycles. The number of hydrogen-bond acceptors (Lipinski definition) is 5. The van der Waals surface area contributed by atoms with Crippen LogP contribution in [-0.4, -0.2) is 67.4 Å². The molecule has 0 aliphatic carbocycles. The van der Waals surface area contributed by atoms with Crippen LogP contribution in [-0.2, 0) is 11.2 Å². The van der Waals surface area contributed by atoms with Crippen molar-refractivity contribution < 1.29 is 29.3 Å². The van der Waals surface area contributed by atoms with E-state index < -0.39 is 30.4 Å². The first kappa shape index (κ1) is 32.3. The third-order valence-corrected chi connectivity index (χ3v) is 7.33. The summed E-state index contributed by atoms with van der Waals surface area (Å²) in [5.41, 5.74) is 4.73. The fourth-order valence-corrected chi connectivity index (χ4v) is 5.27. The van der Waals surface area contributed by atoms with Gasteiger partial charge in [0.25, 0.3) is 5.91 Å². The lowest BCUT2D eigenvalue weighted by Gasteiger charge is -2.22. The van der Waals surface area contributed by atoms with Crippen LogP contribution >= 0.6 is 0 Å². The number of pyridine rings is 1. The van der Waals surface area contributed by atoms with Crippen LogP contribution in [0.5, 0.6) is 0 Å². The number of hydrogen-bond donors (Lipinski definition) is 3. The highest BCUT2D eigenvalue weighted by Gasteiger charge is 2.31. The quantitative estimate of drug-likeness (QED) is 0.178. The number of aromatic nitrogens is 2. The topological polar surface area (TPSA) is 116 Å². The molecule has 0 spiro atoms. The maximum Gasteiger partial charge on any atom is 0.305 e. The maximum atomic E-state index is 14.4. The van der Waals surface area contributed by atoms with Gasteiger partial charge in [0.05, 0.1) is 18.6 Å². The molecule has 1 amide bonds. The summed E-state index contributed by atoms with van der Waals surface area (Å²) in [5.74, 6) is -1.78. The number of carbonyl (C=O) groups is 2. The van der Waals surface area contributed by atoms with Gasteiger partial charge in [-0.1, -0.05) is 54.6 Å². The maximum absolute atomic E-state index is 14.4. The van der Waals surface area contributed by atoms with Crippen molar-refractivity contribution in [2.45, 2.75) is 51.4 Å². The summed E-state index contributed by atoms with van der Waals surface area (Å²) in [4.78, 5) is 31.4. The van der Waals surface area contributed by atoms with Gasteiger partial charge in [0.2, 0.25) is 0 Å². The summed E-state index contributed by atoms with van der Waals surface area (Å²) in [5, 5.41) is 29.8. The normalized spacial score (nSPS) is 12.9. The van der Waals surface area contributed by atoms with Crippen molar-refractivity contribution in [2.75, 3.05) is 13.6 Å². The molecule has 2 atom stereocenters. The van der Waals surface area contributed by atoms with Crippen LogP contribution < -0.4 is 0 Å². The SMILES string of the molecule is CC(C)n1c(/C=C/C(O)CC(O)CC(=O)O)c(-c2ccc(F)cc2)c(-c2ccccc2)c1C(=O)N(C)CCc1ccccn1. The van der Waals surface area contributed by atoms with Gasteiger partial charge < -0.3 is 24.8 Å². The van der Waals surface area contributed by atoms with E-state index >= 15 is 0 Å². The third kappa shape index (κ3) is 7.86. The Labute approximate surface area is 256 Å². The predicted molar refractivity (Wildman–Crippen MR) is 168 cm³/mol. The first-order valence-electron chi connectivity index (χ1n) is 14.6. The van der Waals surface area contributed by atoms with Gasteiger partial charge in [-0.05, 0) is 55.3 Å². The Morgan fingerprint density at radius 2 is 1.61 bits per heavy atom. The minimum atomic E-state index is -1.23. The van der Waals surface area contributed by atoms with Crippen LogP contribution in [0.3, 0.4) is 0 Å². The number of carboxylic acids is 1. The summed E-state index contributed by atoms with van der Waals surface area (Å²) in [7, 11) is 1.75. The predicted octanol–water partition coefficient (Wildman–Crippen LogP) is 5.85. The zero-order valence-corrected chi connectivity index (χ0v) is 25.1. The standard InChI is InChI=1S/C35H38FN3O5/c1-23(2)39-30(17-16-28(40)21-29(41)22-31(42)43)32(25-12-14-26(36)15-13-25)33(24-9-5-4-6-10-24)34(39)35(44)38(3)20-18-27-11-7-8-19-37-27/h4-17,19,23,28-29,40-41H,18,20-22H2,1-3H3,(H,42,43)/b17-16+. The van der Waals surface area contributed by atoms with Gasteiger partial charge in [-0.3, -0.25) is 14.6 Å². The molecule has 9 heteroatoms. The lowest BCUT2D eigenvalue weighted by atomic mass is 9.94. The van der Waals surface area contributed by atoms with Crippen LogP contribution in [0.4, 0.5) is 4.39 Å². The third-order valence-electron chi connectivity index (χ3n) is 7.33.